The zero-order valence-electron chi connectivity index (χ0n) is 14.0. The fourth-order valence-corrected chi connectivity index (χ4v) is 4.47. The third-order valence-electron chi connectivity index (χ3n) is 4.84. The number of carbonyl (C=O) groups excluding carboxylic acids is 3. The summed E-state index contributed by atoms with van der Waals surface area (Å²) in [6.07, 6.45) is 2.89. The van der Waals surface area contributed by atoms with Gasteiger partial charge in [0.25, 0.3) is 0 Å². The molecule has 0 radical (unpaired) electrons. The van der Waals surface area contributed by atoms with E-state index >= 15 is 0 Å². The van der Waals surface area contributed by atoms with E-state index in [4.69, 9.17) is 5.73 Å². The highest BCUT2D eigenvalue weighted by molar-refractivity contribution is 6.37. The molecule has 0 aromatic carbocycles. The highest BCUT2D eigenvalue weighted by atomic mass is 16.2. The van der Waals surface area contributed by atoms with Gasteiger partial charge in [-0.15, -0.1) is 0 Å². The highest BCUT2D eigenvalue weighted by Crippen LogP contribution is 2.52. The molecule has 2 unspecified atom stereocenters. The third kappa shape index (κ3) is 3.16. The summed E-state index contributed by atoms with van der Waals surface area (Å²) in [6.45, 7) is 8.73. The molecule has 6 heteroatoms. The Kier molecular flexibility index (Phi) is 4.35. The predicted octanol–water partition coefficient (Wildman–Crippen LogP) is 0.747. The Morgan fingerprint density at radius 3 is 2.41 bits per heavy atom. The van der Waals surface area contributed by atoms with Crippen molar-refractivity contribution in [3.63, 3.8) is 0 Å². The molecule has 3 amide bonds. The van der Waals surface area contributed by atoms with E-state index in [1.54, 1.807) is 4.90 Å². The summed E-state index contributed by atoms with van der Waals surface area (Å²) in [7, 11) is 0. The summed E-state index contributed by atoms with van der Waals surface area (Å²) in [5.41, 5.74) is 5.67. The number of nitrogens with zero attached hydrogens (tertiary/aromatic N) is 2. The topological polar surface area (TPSA) is 83.7 Å². The van der Waals surface area contributed by atoms with Crippen LogP contribution < -0.4 is 5.73 Å². The molecule has 6 nitrogen and oxygen atoms in total. The Balaban J connectivity index is 2.17. The van der Waals surface area contributed by atoms with E-state index in [9.17, 15) is 14.4 Å². The summed E-state index contributed by atoms with van der Waals surface area (Å²) < 4.78 is 0. The number of rotatable bonds is 2. The van der Waals surface area contributed by atoms with Gasteiger partial charge < -0.3 is 10.6 Å². The van der Waals surface area contributed by atoms with Crippen LogP contribution >= 0.6 is 0 Å². The van der Waals surface area contributed by atoms with Crippen molar-refractivity contribution in [3.05, 3.63) is 0 Å². The second-order valence-electron chi connectivity index (χ2n) is 7.91. The third-order valence-corrected chi connectivity index (χ3v) is 4.84. The van der Waals surface area contributed by atoms with Gasteiger partial charge in [-0.2, -0.15) is 0 Å². The van der Waals surface area contributed by atoms with Crippen molar-refractivity contribution >= 4 is 17.7 Å². The molecule has 0 aromatic heterocycles. The number of likely N-dealkylation sites (tertiary alicyclic amines) is 1. The summed E-state index contributed by atoms with van der Waals surface area (Å²) in [5, 5.41) is 0. The van der Waals surface area contributed by atoms with Crippen LogP contribution in [0.3, 0.4) is 0 Å². The normalized spacial score (nSPS) is 29.3. The van der Waals surface area contributed by atoms with Gasteiger partial charge in [0.05, 0.1) is 0 Å². The van der Waals surface area contributed by atoms with Crippen LogP contribution in [0.25, 0.3) is 0 Å². The smallest absolute Gasteiger partial charge is 0.318 e. The maximum absolute atomic E-state index is 12.6. The van der Waals surface area contributed by atoms with Crippen molar-refractivity contribution in [1.82, 2.24) is 9.80 Å². The molecule has 124 valence electrons. The molecule has 1 aliphatic carbocycles. The molecule has 0 spiro atoms. The maximum atomic E-state index is 12.6. The zero-order valence-corrected chi connectivity index (χ0v) is 14.0. The van der Waals surface area contributed by atoms with Crippen LogP contribution in [0.5, 0.6) is 0 Å². The molecule has 2 rings (SSSR count). The predicted molar refractivity (Wildman–Crippen MR) is 82.7 cm³/mol. The largest absolute Gasteiger partial charge is 0.331 e. The number of fused-ring (bicyclic) bond motifs is 2. The van der Waals surface area contributed by atoms with Crippen LogP contribution in [0, 0.1) is 10.8 Å². The Morgan fingerprint density at radius 1 is 1.23 bits per heavy atom. The van der Waals surface area contributed by atoms with E-state index in [2.05, 4.69) is 20.8 Å². The zero-order chi connectivity index (χ0) is 16.7. The standard InChI is InChI=1S/C16H27N3O3/c1-11(20)18(6-5-17)13(21)14(22)19-10-16(4)8-12(19)7-15(2,3)9-16/h12H,5-10,17H2,1-4H3. The number of carbonyl (C=O) groups is 3. The first-order chi connectivity index (χ1) is 10.1. The summed E-state index contributed by atoms with van der Waals surface area (Å²) in [5.74, 6) is -1.74. The molecule has 2 bridgehead atoms. The molecule has 1 saturated carbocycles. The highest BCUT2D eigenvalue weighted by Gasteiger charge is 2.52. The molecule has 1 saturated heterocycles. The van der Waals surface area contributed by atoms with Crippen molar-refractivity contribution in [2.24, 2.45) is 16.6 Å². The minimum absolute atomic E-state index is 0.0667. The molecule has 2 fully saturated rings. The fourth-order valence-electron chi connectivity index (χ4n) is 4.47. The van der Waals surface area contributed by atoms with E-state index in [0.29, 0.717) is 6.54 Å². The average molecular weight is 309 g/mol. The lowest BCUT2D eigenvalue weighted by Gasteiger charge is -2.39. The van der Waals surface area contributed by atoms with Crippen molar-refractivity contribution in [1.29, 1.82) is 0 Å². The van der Waals surface area contributed by atoms with Gasteiger partial charge in [-0.1, -0.05) is 20.8 Å². The lowest BCUT2D eigenvalue weighted by atomic mass is 9.65. The molecule has 1 heterocycles. The second-order valence-corrected chi connectivity index (χ2v) is 7.91. The van der Waals surface area contributed by atoms with E-state index in [0.717, 1.165) is 24.2 Å². The van der Waals surface area contributed by atoms with Gasteiger partial charge in [0.15, 0.2) is 0 Å². The van der Waals surface area contributed by atoms with Crippen LogP contribution in [0.2, 0.25) is 0 Å². The van der Waals surface area contributed by atoms with Crippen LogP contribution in [0.1, 0.15) is 47.0 Å². The minimum Gasteiger partial charge on any atom is -0.331 e. The number of nitrogens with two attached hydrogens (primary N) is 1. The SMILES string of the molecule is CC(=O)N(CCN)C(=O)C(=O)N1CC2(C)CC1CC(C)(C)C2. The number of hydrogen-bond acceptors (Lipinski definition) is 4. The Labute approximate surface area is 132 Å². The molecular weight excluding hydrogens is 282 g/mol. The molecule has 1 aliphatic heterocycles. The van der Waals surface area contributed by atoms with Crippen molar-refractivity contribution < 1.29 is 14.4 Å². The molecule has 0 aromatic rings. The van der Waals surface area contributed by atoms with Gasteiger partial charge >= 0.3 is 11.8 Å². The van der Waals surface area contributed by atoms with Gasteiger partial charge in [-0.25, -0.2) is 0 Å². The lowest BCUT2D eigenvalue weighted by molar-refractivity contribution is -0.156. The van der Waals surface area contributed by atoms with Crippen molar-refractivity contribution in [2.45, 2.75) is 53.0 Å². The van der Waals surface area contributed by atoms with E-state index in [1.165, 1.54) is 6.92 Å². The van der Waals surface area contributed by atoms with Gasteiger partial charge in [0.1, 0.15) is 0 Å². The van der Waals surface area contributed by atoms with Crippen molar-refractivity contribution in [2.75, 3.05) is 19.6 Å². The van der Waals surface area contributed by atoms with Crippen LogP contribution in [0.4, 0.5) is 0 Å². The van der Waals surface area contributed by atoms with E-state index in [1.807, 2.05) is 0 Å². The van der Waals surface area contributed by atoms with Gasteiger partial charge in [0.2, 0.25) is 5.91 Å². The van der Waals surface area contributed by atoms with Gasteiger partial charge in [-0.05, 0) is 30.1 Å². The Hall–Kier alpha value is -1.43. The van der Waals surface area contributed by atoms with Crippen LogP contribution in [-0.2, 0) is 14.4 Å². The molecule has 22 heavy (non-hydrogen) atoms. The van der Waals surface area contributed by atoms with Gasteiger partial charge in [0, 0.05) is 32.6 Å². The Morgan fingerprint density at radius 2 is 1.86 bits per heavy atom. The number of imide groups is 1. The monoisotopic (exact) mass is 309 g/mol. The van der Waals surface area contributed by atoms with Gasteiger partial charge in [-0.3, -0.25) is 19.3 Å². The number of amides is 3. The van der Waals surface area contributed by atoms with Crippen molar-refractivity contribution in [3.8, 4) is 0 Å². The quantitative estimate of drug-likeness (QED) is 0.763. The van der Waals surface area contributed by atoms with E-state index in [-0.39, 0.29) is 30.0 Å². The average Bonchev–Trinajstić information content (AvgIpc) is 2.63. The van der Waals surface area contributed by atoms with Crippen LogP contribution in [-0.4, -0.2) is 53.2 Å². The van der Waals surface area contributed by atoms with Crippen LogP contribution in [0.15, 0.2) is 0 Å². The first-order valence-corrected chi connectivity index (χ1v) is 7.92. The second kappa shape index (κ2) is 5.65. The first kappa shape index (κ1) is 16.9. The lowest BCUT2D eigenvalue weighted by Crippen LogP contribution is -2.50. The summed E-state index contributed by atoms with van der Waals surface area (Å²) in [6, 6.07) is 0.0943. The molecule has 2 atom stereocenters. The number of hydrogen-bond donors (Lipinski definition) is 1. The minimum atomic E-state index is -0.744. The summed E-state index contributed by atoms with van der Waals surface area (Å²) in [4.78, 5) is 39.2. The molecule has 2 N–H and O–H groups in total. The fraction of sp³-hybridized carbons (Fsp3) is 0.812. The maximum Gasteiger partial charge on any atom is 0.318 e. The molecule has 2 aliphatic rings. The molecular formula is C16H27N3O3. The van der Waals surface area contributed by atoms with E-state index < -0.39 is 17.7 Å². The Bertz CT molecular complexity index is 503. The summed E-state index contributed by atoms with van der Waals surface area (Å²) >= 11 is 0. The first-order valence-electron chi connectivity index (χ1n) is 7.92.